The molecule has 0 aliphatic heterocycles. The highest BCUT2D eigenvalue weighted by molar-refractivity contribution is 5.28. The number of fused-ring (bicyclic) bond motifs is 1. The van der Waals surface area contributed by atoms with Crippen LogP contribution in [0.25, 0.3) is 0 Å². The molecule has 4 unspecified atom stereocenters. The zero-order chi connectivity index (χ0) is 22.5. The van der Waals surface area contributed by atoms with Gasteiger partial charge in [0.2, 0.25) is 0 Å². The SMILES string of the molecule is CCCCCCCC1CCC2CC(C3CCC(c4cc(F)c(C)c(F)c4)CC3)CCC2C1. The van der Waals surface area contributed by atoms with Crippen LogP contribution >= 0.6 is 0 Å². The monoisotopic (exact) mass is 444 g/mol. The second-order valence-electron chi connectivity index (χ2n) is 11.7. The first-order valence-electron chi connectivity index (χ1n) is 14.0. The largest absolute Gasteiger partial charge is 0.207 e. The van der Waals surface area contributed by atoms with Crippen LogP contribution in [0.5, 0.6) is 0 Å². The van der Waals surface area contributed by atoms with Gasteiger partial charge in [-0.1, -0.05) is 51.9 Å². The summed E-state index contributed by atoms with van der Waals surface area (Å²) in [6.07, 6.45) is 22.2. The predicted octanol–water partition coefficient (Wildman–Crippen LogP) is 9.74. The highest BCUT2D eigenvalue weighted by Gasteiger charge is 2.38. The Bertz CT molecular complexity index is 695. The van der Waals surface area contributed by atoms with Gasteiger partial charge >= 0.3 is 0 Å². The second-order valence-corrected chi connectivity index (χ2v) is 11.7. The lowest BCUT2D eigenvalue weighted by atomic mass is 9.60. The topological polar surface area (TPSA) is 0 Å². The molecule has 3 saturated carbocycles. The van der Waals surface area contributed by atoms with Crippen LogP contribution in [-0.4, -0.2) is 0 Å². The van der Waals surface area contributed by atoms with Crippen molar-refractivity contribution in [2.45, 2.75) is 122 Å². The molecule has 0 saturated heterocycles. The number of unbranched alkanes of at least 4 members (excludes halogenated alkanes) is 4. The Balaban J connectivity index is 1.21. The summed E-state index contributed by atoms with van der Waals surface area (Å²) in [4.78, 5) is 0. The first-order valence-corrected chi connectivity index (χ1v) is 14.0. The Labute approximate surface area is 196 Å². The van der Waals surface area contributed by atoms with E-state index < -0.39 is 0 Å². The van der Waals surface area contributed by atoms with Crippen molar-refractivity contribution in [3.63, 3.8) is 0 Å². The Hall–Kier alpha value is -0.920. The van der Waals surface area contributed by atoms with E-state index >= 15 is 0 Å². The number of benzene rings is 1. The highest BCUT2D eigenvalue weighted by atomic mass is 19.1. The minimum atomic E-state index is -0.378. The predicted molar refractivity (Wildman–Crippen MR) is 131 cm³/mol. The van der Waals surface area contributed by atoms with Crippen LogP contribution in [0.1, 0.15) is 127 Å². The van der Waals surface area contributed by atoms with E-state index in [2.05, 4.69) is 6.92 Å². The van der Waals surface area contributed by atoms with Crippen LogP contribution in [0.4, 0.5) is 8.78 Å². The van der Waals surface area contributed by atoms with Crippen molar-refractivity contribution in [3.05, 3.63) is 34.9 Å². The first-order chi connectivity index (χ1) is 15.5. The molecule has 0 spiro atoms. The molecule has 4 atom stereocenters. The smallest absolute Gasteiger partial charge is 0.129 e. The molecular formula is C30H46F2. The standard InChI is InChI=1S/C30H46F2/c1-3-4-5-6-7-8-22-9-10-27-18-26(16-15-25(27)17-22)23-11-13-24(14-12-23)28-19-29(31)21(2)30(32)20-28/h19-20,22-27H,3-18H2,1-2H3. The van der Waals surface area contributed by atoms with Crippen molar-refractivity contribution >= 4 is 0 Å². The average Bonchev–Trinajstić information content (AvgIpc) is 2.82. The summed E-state index contributed by atoms with van der Waals surface area (Å²) in [7, 11) is 0. The Morgan fingerprint density at radius 1 is 0.688 bits per heavy atom. The fourth-order valence-corrected chi connectivity index (χ4v) is 7.57. The second kappa shape index (κ2) is 11.5. The van der Waals surface area contributed by atoms with Crippen LogP contribution in [0.2, 0.25) is 0 Å². The maximum atomic E-state index is 14.0. The van der Waals surface area contributed by atoms with E-state index in [1.54, 1.807) is 12.1 Å². The third kappa shape index (κ3) is 5.95. The van der Waals surface area contributed by atoms with Crippen molar-refractivity contribution in [3.8, 4) is 0 Å². The van der Waals surface area contributed by atoms with Crippen LogP contribution in [-0.2, 0) is 0 Å². The normalized spacial score (nSPS) is 33.1. The van der Waals surface area contributed by atoms with E-state index in [0.29, 0.717) is 5.92 Å². The minimum absolute atomic E-state index is 0.158. The lowest BCUT2D eigenvalue weighted by molar-refractivity contribution is 0.0613. The summed E-state index contributed by atoms with van der Waals surface area (Å²) in [5, 5.41) is 0. The quantitative estimate of drug-likeness (QED) is 0.350. The fraction of sp³-hybridized carbons (Fsp3) is 0.800. The molecule has 2 heteroatoms. The van der Waals surface area contributed by atoms with Crippen molar-refractivity contribution < 1.29 is 8.78 Å². The molecule has 4 rings (SSSR count). The van der Waals surface area contributed by atoms with Crippen LogP contribution in [0.3, 0.4) is 0 Å². The maximum absolute atomic E-state index is 14.0. The van der Waals surface area contributed by atoms with Gasteiger partial charge in [0.05, 0.1) is 0 Å². The van der Waals surface area contributed by atoms with Gasteiger partial charge in [0.15, 0.2) is 0 Å². The average molecular weight is 445 g/mol. The zero-order valence-electron chi connectivity index (χ0n) is 20.7. The summed E-state index contributed by atoms with van der Waals surface area (Å²) < 4.78 is 28.1. The van der Waals surface area contributed by atoms with Gasteiger partial charge in [0, 0.05) is 5.56 Å². The maximum Gasteiger partial charge on any atom is 0.129 e. The molecule has 3 fully saturated rings. The number of hydrogen-bond donors (Lipinski definition) is 0. The summed E-state index contributed by atoms with van der Waals surface area (Å²) in [5.41, 5.74) is 1.05. The van der Waals surface area contributed by atoms with E-state index in [0.717, 1.165) is 48.0 Å². The third-order valence-corrected chi connectivity index (χ3v) is 9.69. The molecule has 1 aromatic carbocycles. The fourth-order valence-electron chi connectivity index (χ4n) is 7.57. The van der Waals surface area contributed by atoms with Gasteiger partial charge in [-0.2, -0.15) is 0 Å². The Morgan fingerprint density at radius 2 is 1.25 bits per heavy atom. The lowest BCUT2D eigenvalue weighted by Gasteiger charge is -2.45. The molecular weight excluding hydrogens is 398 g/mol. The van der Waals surface area contributed by atoms with Gasteiger partial charge < -0.3 is 0 Å². The summed E-state index contributed by atoms with van der Waals surface area (Å²) >= 11 is 0. The first kappa shape index (κ1) is 24.2. The highest BCUT2D eigenvalue weighted by Crippen LogP contribution is 2.50. The van der Waals surface area contributed by atoms with Gasteiger partial charge in [-0.3, -0.25) is 0 Å². The molecule has 32 heavy (non-hydrogen) atoms. The lowest BCUT2D eigenvalue weighted by Crippen LogP contribution is -2.34. The summed E-state index contributed by atoms with van der Waals surface area (Å²) in [6.45, 7) is 3.83. The van der Waals surface area contributed by atoms with Gasteiger partial charge in [0.25, 0.3) is 0 Å². The van der Waals surface area contributed by atoms with E-state index in [4.69, 9.17) is 0 Å². The molecule has 180 valence electrons. The van der Waals surface area contributed by atoms with E-state index in [1.165, 1.54) is 96.8 Å². The molecule has 0 nitrogen and oxygen atoms in total. The van der Waals surface area contributed by atoms with Gasteiger partial charge in [-0.15, -0.1) is 0 Å². The van der Waals surface area contributed by atoms with Crippen LogP contribution in [0, 0.1) is 48.1 Å². The molecule has 3 aliphatic rings. The van der Waals surface area contributed by atoms with Crippen LogP contribution < -0.4 is 0 Å². The van der Waals surface area contributed by atoms with E-state index in [-0.39, 0.29) is 17.2 Å². The number of rotatable bonds is 8. The Morgan fingerprint density at radius 3 is 1.94 bits per heavy atom. The molecule has 3 aliphatic carbocycles. The summed E-state index contributed by atoms with van der Waals surface area (Å²) in [6, 6.07) is 3.19. The molecule has 0 amide bonds. The molecule has 1 aromatic rings. The van der Waals surface area contributed by atoms with Crippen molar-refractivity contribution in [2.75, 3.05) is 0 Å². The number of halogens is 2. The van der Waals surface area contributed by atoms with E-state index in [9.17, 15) is 8.78 Å². The van der Waals surface area contributed by atoms with Gasteiger partial charge in [-0.25, -0.2) is 8.78 Å². The Kier molecular flexibility index (Phi) is 8.68. The molecule has 0 heterocycles. The molecule has 0 aromatic heterocycles. The van der Waals surface area contributed by atoms with Gasteiger partial charge in [0.1, 0.15) is 11.6 Å². The molecule has 0 radical (unpaired) electrons. The van der Waals surface area contributed by atoms with E-state index in [1.807, 2.05) is 0 Å². The van der Waals surface area contributed by atoms with Crippen molar-refractivity contribution in [1.82, 2.24) is 0 Å². The van der Waals surface area contributed by atoms with Crippen LogP contribution in [0.15, 0.2) is 12.1 Å². The molecule has 0 bridgehead atoms. The van der Waals surface area contributed by atoms with Crippen molar-refractivity contribution in [1.29, 1.82) is 0 Å². The number of hydrogen-bond acceptors (Lipinski definition) is 0. The van der Waals surface area contributed by atoms with Gasteiger partial charge in [-0.05, 0) is 118 Å². The zero-order valence-corrected chi connectivity index (χ0v) is 20.7. The van der Waals surface area contributed by atoms with Crippen molar-refractivity contribution in [2.24, 2.45) is 29.6 Å². The summed E-state index contributed by atoms with van der Waals surface area (Å²) in [5.74, 6) is 4.37. The third-order valence-electron chi connectivity index (χ3n) is 9.69. The minimum Gasteiger partial charge on any atom is -0.207 e. The molecule has 0 N–H and O–H groups in total.